The Morgan fingerprint density at radius 3 is 2.28 bits per heavy atom. The maximum absolute atomic E-state index is 12.3. The molecule has 0 radical (unpaired) electrons. The van der Waals surface area contributed by atoms with E-state index in [1.807, 2.05) is 19.9 Å². The molecule has 18 heavy (non-hydrogen) atoms. The van der Waals surface area contributed by atoms with Crippen LogP contribution in [0.3, 0.4) is 0 Å². The van der Waals surface area contributed by atoms with E-state index in [4.69, 9.17) is 11.6 Å². The van der Waals surface area contributed by atoms with Crippen LogP contribution in [0.25, 0.3) is 0 Å². The van der Waals surface area contributed by atoms with Crippen LogP contribution in [0.5, 0.6) is 0 Å². The Labute approximate surface area is 114 Å². The summed E-state index contributed by atoms with van der Waals surface area (Å²) in [6.45, 7) is 11.5. The number of halogens is 1. The first-order valence-corrected chi connectivity index (χ1v) is 6.64. The minimum absolute atomic E-state index is 0.00907. The monoisotopic (exact) mass is 268 g/mol. The summed E-state index contributed by atoms with van der Waals surface area (Å²) in [5.74, 6) is 0.00907. The van der Waals surface area contributed by atoms with E-state index >= 15 is 0 Å². The molecule has 3 nitrogen and oxygen atoms in total. The molecule has 100 valence electrons. The molecule has 0 aliphatic rings. The number of amides is 1. The van der Waals surface area contributed by atoms with Crippen molar-refractivity contribution in [1.29, 1.82) is 0 Å². The Hall–Kier alpha value is -1.09. The lowest BCUT2D eigenvalue weighted by Crippen LogP contribution is -2.31. The van der Waals surface area contributed by atoms with Gasteiger partial charge in [0.1, 0.15) is 5.15 Å². The van der Waals surface area contributed by atoms with E-state index in [0.29, 0.717) is 23.8 Å². The SMILES string of the molecule is CCN(CC)C(=O)c1cc(Cl)nc(C(C)(C)C)c1. The third-order valence-corrected chi connectivity index (χ3v) is 3.05. The molecule has 1 amide bonds. The standard InChI is InChI=1S/C14H21ClN2O/c1-6-17(7-2)13(18)10-8-11(14(3,4)5)16-12(15)9-10/h8-9H,6-7H2,1-5H3. The van der Waals surface area contributed by atoms with Crippen molar-refractivity contribution in [3.8, 4) is 0 Å². The lowest BCUT2D eigenvalue weighted by atomic mass is 9.91. The molecular weight excluding hydrogens is 248 g/mol. The fourth-order valence-electron chi connectivity index (χ4n) is 1.70. The van der Waals surface area contributed by atoms with Crippen LogP contribution in [-0.2, 0) is 5.41 Å². The van der Waals surface area contributed by atoms with E-state index in [2.05, 4.69) is 25.8 Å². The van der Waals surface area contributed by atoms with Crippen LogP contribution < -0.4 is 0 Å². The van der Waals surface area contributed by atoms with Crippen molar-refractivity contribution >= 4 is 17.5 Å². The molecule has 1 heterocycles. The van der Waals surface area contributed by atoms with Crippen molar-refractivity contribution in [1.82, 2.24) is 9.88 Å². The summed E-state index contributed by atoms with van der Waals surface area (Å²) >= 11 is 6.01. The average molecular weight is 269 g/mol. The van der Waals surface area contributed by atoms with Crippen LogP contribution in [0.15, 0.2) is 12.1 Å². The maximum atomic E-state index is 12.3. The third-order valence-electron chi connectivity index (χ3n) is 2.86. The molecule has 0 spiro atoms. The number of aromatic nitrogens is 1. The summed E-state index contributed by atoms with van der Waals surface area (Å²) in [6.07, 6.45) is 0. The summed E-state index contributed by atoms with van der Waals surface area (Å²) < 4.78 is 0. The Morgan fingerprint density at radius 2 is 1.83 bits per heavy atom. The largest absolute Gasteiger partial charge is 0.339 e. The normalized spacial score (nSPS) is 11.4. The van der Waals surface area contributed by atoms with Gasteiger partial charge >= 0.3 is 0 Å². The Balaban J connectivity index is 3.18. The predicted molar refractivity (Wildman–Crippen MR) is 75.2 cm³/mol. The average Bonchev–Trinajstić information content (AvgIpc) is 2.28. The van der Waals surface area contributed by atoms with E-state index in [-0.39, 0.29) is 11.3 Å². The summed E-state index contributed by atoms with van der Waals surface area (Å²) in [6, 6.07) is 3.48. The summed E-state index contributed by atoms with van der Waals surface area (Å²) in [4.78, 5) is 18.3. The van der Waals surface area contributed by atoms with Gasteiger partial charge in [0, 0.05) is 29.8 Å². The van der Waals surface area contributed by atoms with Gasteiger partial charge in [-0.1, -0.05) is 32.4 Å². The number of pyridine rings is 1. The lowest BCUT2D eigenvalue weighted by molar-refractivity contribution is 0.0772. The number of hydrogen-bond acceptors (Lipinski definition) is 2. The minimum atomic E-state index is -0.122. The highest BCUT2D eigenvalue weighted by Gasteiger charge is 2.20. The molecule has 0 fully saturated rings. The molecule has 0 saturated carbocycles. The van der Waals surface area contributed by atoms with E-state index in [1.165, 1.54) is 0 Å². The van der Waals surface area contributed by atoms with Crippen molar-refractivity contribution in [2.45, 2.75) is 40.0 Å². The quantitative estimate of drug-likeness (QED) is 0.786. The highest BCUT2D eigenvalue weighted by Crippen LogP contribution is 2.23. The Kier molecular flexibility index (Phi) is 4.74. The van der Waals surface area contributed by atoms with Crippen molar-refractivity contribution in [2.75, 3.05) is 13.1 Å². The van der Waals surface area contributed by atoms with Crippen LogP contribution in [0.2, 0.25) is 5.15 Å². The molecule has 4 heteroatoms. The first-order valence-electron chi connectivity index (χ1n) is 6.27. The predicted octanol–water partition coefficient (Wildman–Crippen LogP) is 3.51. The van der Waals surface area contributed by atoms with E-state index < -0.39 is 0 Å². The van der Waals surface area contributed by atoms with E-state index in [0.717, 1.165) is 5.69 Å². The number of nitrogens with zero attached hydrogens (tertiary/aromatic N) is 2. The highest BCUT2D eigenvalue weighted by atomic mass is 35.5. The molecule has 0 aromatic carbocycles. The molecule has 0 N–H and O–H groups in total. The first-order chi connectivity index (χ1) is 8.29. The fraction of sp³-hybridized carbons (Fsp3) is 0.571. The minimum Gasteiger partial charge on any atom is -0.339 e. The van der Waals surface area contributed by atoms with Gasteiger partial charge in [-0.25, -0.2) is 4.98 Å². The summed E-state index contributed by atoms with van der Waals surface area (Å²) in [5, 5.41) is 0.373. The topological polar surface area (TPSA) is 33.2 Å². The number of rotatable bonds is 3. The van der Waals surface area contributed by atoms with Gasteiger partial charge in [0.15, 0.2) is 0 Å². The van der Waals surface area contributed by atoms with Crippen LogP contribution in [0.4, 0.5) is 0 Å². The Morgan fingerprint density at radius 1 is 1.28 bits per heavy atom. The van der Waals surface area contributed by atoms with Gasteiger partial charge < -0.3 is 4.90 Å². The second-order valence-corrected chi connectivity index (χ2v) is 5.68. The van der Waals surface area contributed by atoms with E-state index in [9.17, 15) is 4.79 Å². The van der Waals surface area contributed by atoms with Gasteiger partial charge in [0.05, 0.1) is 0 Å². The summed E-state index contributed by atoms with van der Waals surface area (Å²) in [7, 11) is 0. The fourth-order valence-corrected chi connectivity index (χ4v) is 1.91. The van der Waals surface area contributed by atoms with Gasteiger partial charge in [-0.3, -0.25) is 4.79 Å². The molecule has 0 saturated heterocycles. The van der Waals surface area contributed by atoms with Gasteiger partial charge in [-0.15, -0.1) is 0 Å². The zero-order chi connectivity index (χ0) is 13.9. The zero-order valence-corrected chi connectivity index (χ0v) is 12.5. The van der Waals surface area contributed by atoms with Crippen molar-refractivity contribution in [3.63, 3.8) is 0 Å². The second-order valence-electron chi connectivity index (χ2n) is 5.29. The zero-order valence-electron chi connectivity index (χ0n) is 11.7. The van der Waals surface area contributed by atoms with Crippen molar-refractivity contribution in [3.05, 3.63) is 28.5 Å². The van der Waals surface area contributed by atoms with Crippen molar-refractivity contribution < 1.29 is 4.79 Å². The Bertz CT molecular complexity index is 434. The number of hydrogen-bond donors (Lipinski definition) is 0. The van der Waals surface area contributed by atoms with E-state index in [1.54, 1.807) is 11.0 Å². The van der Waals surface area contributed by atoms with Gasteiger partial charge in [-0.05, 0) is 26.0 Å². The molecule has 1 rings (SSSR count). The number of carbonyl (C=O) groups excluding carboxylic acids is 1. The smallest absolute Gasteiger partial charge is 0.254 e. The highest BCUT2D eigenvalue weighted by molar-refractivity contribution is 6.29. The lowest BCUT2D eigenvalue weighted by Gasteiger charge is -2.22. The molecule has 1 aromatic heterocycles. The van der Waals surface area contributed by atoms with Gasteiger partial charge in [0.2, 0.25) is 0 Å². The molecule has 0 atom stereocenters. The van der Waals surface area contributed by atoms with Crippen LogP contribution in [0, 0.1) is 0 Å². The van der Waals surface area contributed by atoms with Gasteiger partial charge in [0.25, 0.3) is 5.91 Å². The molecule has 0 bridgehead atoms. The molecular formula is C14H21ClN2O. The summed E-state index contributed by atoms with van der Waals surface area (Å²) in [5.41, 5.74) is 1.33. The first kappa shape index (κ1) is 15.0. The van der Waals surface area contributed by atoms with Gasteiger partial charge in [-0.2, -0.15) is 0 Å². The van der Waals surface area contributed by atoms with Crippen molar-refractivity contribution in [2.24, 2.45) is 0 Å². The molecule has 1 aromatic rings. The molecule has 0 aliphatic heterocycles. The van der Waals surface area contributed by atoms with Crippen LogP contribution in [0.1, 0.15) is 50.7 Å². The van der Waals surface area contributed by atoms with Crippen LogP contribution in [-0.4, -0.2) is 28.9 Å². The second kappa shape index (κ2) is 5.70. The molecule has 0 unspecified atom stereocenters. The van der Waals surface area contributed by atoms with Crippen LogP contribution >= 0.6 is 11.6 Å². The maximum Gasteiger partial charge on any atom is 0.254 e. The molecule has 0 aliphatic carbocycles. The third kappa shape index (κ3) is 3.45. The number of carbonyl (C=O) groups is 1.